The molecule has 1 aromatic carbocycles. The third-order valence-corrected chi connectivity index (χ3v) is 5.53. The molecule has 0 aromatic heterocycles. The number of ether oxygens (including phenoxy) is 1. The van der Waals surface area contributed by atoms with Gasteiger partial charge in [-0.15, -0.1) is 0 Å². The van der Waals surface area contributed by atoms with Crippen molar-refractivity contribution in [3.63, 3.8) is 0 Å². The molecule has 2 aliphatic rings. The van der Waals surface area contributed by atoms with Crippen LogP contribution in [0.3, 0.4) is 0 Å². The summed E-state index contributed by atoms with van der Waals surface area (Å²) >= 11 is 0. The van der Waals surface area contributed by atoms with E-state index in [-0.39, 0.29) is 22.8 Å². The first-order valence-electron chi connectivity index (χ1n) is 8.00. The van der Waals surface area contributed by atoms with Crippen molar-refractivity contribution in [2.24, 2.45) is 5.41 Å². The van der Waals surface area contributed by atoms with Crippen molar-refractivity contribution in [2.75, 3.05) is 11.5 Å². The van der Waals surface area contributed by atoms with E-state index in [0.717, 1.165) is 31.4 Å². The average molecular weight is 301 g/mol. The van der Waals surface area contributed by atoms with Crippen LogP contribution in [0.2, 0.25) is 0 Å². The van der Waals surface area contributed by atoms with Gasteiger partial charge in [-0.1, -0.05) is 31.5 Å². The Morgan fingerprint density at radius 3 is 2.68 bits per heavy atom. The van der Waals surface area contributed by atoms with E-state index in [4.69, 9.17) is 4.74 Å². The van der Waals surface area contributed by atoms with Crippen molar-refractivity contribution in [1.82, 2.24) is 0 Å². The maximum Gasteiger partial charge on any atom is 0.415 e. The van der Waals surface area contributed by atoms with Crippen LogP contribution < -0.4 is 4.90 Å². The highest BCUT2D eigenvalue weighted by Gasteiger charge is 2.61. The molecule has 2 atom stereocenters. The van der Waals surface area contributed by atoms with Crippen molar-refractivity contribution in [3.8, 4) is 0 Å². The van der Waals surface area contributed by atoms with Crippen LogP contribution in [0, 0.1) is 5.41 Å². The Morgan fingerprint density at radius 2 is 2.00 bits per heavy atom. The molecule has 22 heavy (non-hydrogen) atoms. The maximum atomic E-state index is 12.4. The fourth-order valence-electron chi connectivity index (χ4n) is 4.16. The normalized spacial score (nSPS) is 30.8. The molecule has 1 saturated heterocycles. The smallest absolute Gasteiger partial charge is 0.415 e. The highest BCUT2D eigenvalue weighted by Crippen LogP contribution is 2.55. The predicted molar refractivity (Wildman–Crippen MR) is 84.9 cm³/mol. The van der Waals surface area contributed by atoms with Crippen LogP contribution in [0.1, 0.15) is 46.0 Å². The summed E-state index contributed by atoms with van der Waals surface area (Å²) in [5, 5.41) is 0. The van der Waals surface area contributed by atoms with Crippen LogP contribution >= 0.6 is 0 Å². The van der Waals surface area contributed by atoms with Gasteiger partial charge in [0.2, 0.25) is 0 Å². The Bertz CT molecular complexity index is 585. The molecule has 118 valence electrons. The van der Waals surface area contributed by atoms with Gasteiger partial charge in [0.1, 0.15) is 12.4 Å². The molecule has 2 fully saturated rings. The number of hydrogen-bond donors (Lipinski definition) is 0. The largest absolute Gasteiger partial charge is 0.447 e. The van der Waals surface area contributed by atoms with E-state index in [1.165, 1.54) is 0 Å². The molecule has 1 spiro atoms. The summed E-state index contributed by atoms with van der Waals surface area (Å²) in [6.45, 7) is 4.27. The first kappa shape index (κ1) is 15.1. The van der Waals surface area contributed by atoms with Crippen molar-refractivity contribution in [1.29, 1.82) is 0 Å². The quantitative estimate of drug-likeness (QED) is 0.846. The molecule has 1 aliphatic carbocycles. The Hall–Kier alpha value is -1.84. The molecule has 4 nitrogen and oxygen atoms in total. The van der Waals surface area contributed by atoms with Crippen LogP contribution in [0.25, 0.3) is 0 Å². The number of anilines is 1. The molecule has 3 rings (SSSR count). The lowest BCUT2D eigenvalue weighted by Gasteiger charge is -2.44. The number of ketones is 1. The van der Waals surface area contributed by atoms with Crippen LogP contribution in [0.15, 0.2) is 30.3 Å². The molecule has 4 heteroatoms. The van der Waals surface area contributed by atoms with Crippen LogP contribution in [-0.4, -0.2) is 24.0 Å². The highest BCUT2D eigenvalue weighted by molar-refractivity contribution is 5.92. The Balaban J connectivity index is 1.98. The molecule has 1 saturated carbocycles. The molecule has 0 unspecified atom stereocenters. The Kier molecular flexibility index (Phi) is 3.71. The molecule has 1 amide bonds. The molecule has 1 heterocycles. The van der Waals surface area contributed by atoms with Gasteiger partial charge in [0, 0.05) is 12.1 Å². The lowest BCUT2D eigenvalue weighted by atomic mass is 9.69. The molecular weight excluding hydrogens is 278 g/mol. The second kappa shape index (κ2) is 5.41. The molecule has 0 radical (unpaired) electrons. The number of para-hydroxylation sites is 1. The minimum Gasteiger partial charge on any atom is -0.447 e. The minimum atomic E-state index is -0.319. The minimum absolute atomic E-state index is 0.0827. The van der Waals surface area contributed by atoms with Crippen molar-refractivity contribution in [3.05, 3.63) is 30.3 Å². The number of cyclic esters (lactones) is 1. The zero-order chi connectivity index (χ0) is 15.8. The Morgan fingerprint density at radius 1 is 1.27 bits per heavy atom. The standard InChI is InChI=1S/C18H23NO3/c1-14(20)9-12-17(2)10-6-11-18(17)13-22-16(21)19(18)15-7-4-3-5-8-15/h3-5,7-8H,6,9-13H2,1-2H3/t17-,18-/m0/s1. The van der Waals surface area contributed by atoms with Gasteiger partial charge >= 0.3 is 6.09 Å². The van der Waals surface area contributed by atoms with Crippen molar-refractivity contribution < 1.29 is 14.3 Å². The molecule has 0 N–H and O–H groups in total. The van der Waals surface area contributed by atoms with E-state index in [1.807, 2.05) is 35.2 Å². The van der Waals surface area contributed by atoms with Gasteiger partial charge in [0.15, 0.2) is 0 Å². The zero-order valence-electron chi connectivity index (χ0n) is 13.3. The van der Waals surface area contributed by atoms with Crippen LogP contribution in [0.5, 0.6) is 0 Å². The molecular formula is C18H23NO3. The van der Waals surface area contributed by atoms with Gasteiger partial charge in [-0.2, -0.15) is 0 Å². The average Bonchev–Trinajstić information content (AvgIpc) is 3.01. The summed E-state index contributed by atoms with van der Waals surface area (Å²) in [6, 6.07) is 9.74. The van der Waals surface area contributed by atoms with E-state index in [9.17, 15) is 9.59 Å². The summed E-state index contributed by atoms with van der Waals surface area (Å²) in [4.78, 5) is 25.7. The van der Waals surface area contributed by atoms with E-state index in [0.29, 0.717) is 13.0 Å². The molecule has 1 aliphatic heterocycles. The third-order valence-electron chi connectivity index (χ3n) is 5.53. The predicted octanol–water partition coefficient (Wildman–Crippen LogP) is 3.94. The summed E-state index contributed by atoms with van der Waals surface area (Å²) < 4.78 is 5.46. The van der Waals surface area contributed by atoms with Gasteiger partial charge in [-0.25, -0.2) is 4.79 Å². The lowest BCUT2D eigenvalue weighted by molar-refractivity contribution is -0.117. The van der Waals surface area contributed by atoms with Gasteiger partial charge < -0.3 is 9.53 Å². The third kappa shape index (κ3) is 2.21. The monoisotopic (exact) mass is 301 g/mol. The summed E-state index contributed by atoms with van der Waals surface area (Å²) in [7, 11) is 0. The maximum absolute atomic E-state index is 12.4. The van der Waals surface area contributed by atoms with Gasteiger partial charge in [0.25, 0.3) is 0 Å². The van der Waals surface area contributed by atoms with Crippen LogP contribution in [0.4, 0.5) is 10.5 Å². The summed E-state index contributed by atoms with van der Waals surface area (Å²) in [5.41, 5.74) is 0.489. The van der Waals surface area contributed by atoms with Gasteiger partial charge in [-0.3, -0.25) is 4.90 Å². The lowest BCUT2D eigenvalue weighted by Crippen LogP contribution is -2.55. The number of carbonyl (C=O) groups excluding carboxylic acids is 2. The molecule has 1 aromatic rings. The van der Waals surface area contributed by atoms with Crippen molar-refractivity contribution in [2.45, 2.75) is 51.5 Å². The number of nitrogens with zero attached hydrogens (tertiary/aromatic N) is 1. The highest BCUT2D eigenvalue weighted by atomic mass is 16.6. The van der Waals surface area contributed by atoms with Gasteiger partial charge in [-0.05, 0) is 43.7 Å². The number of carbonyl (C=O) groups is 2. The number of amides is 1. The number of hydrogen-bond acceptors (Lipinski definition) is 3. The van der Waals surface area contributed by atoms with E-state index < -0.39 is 0 Å². The van der Waals surface area contributed by atoms with Crippen LogP contribution in [-0.2, 0) is 9.53 Å². The van der Waals surface area contributed by atoms with E-state index in [2.05, 4.69) is 6.92 Å². The topological polar surface area (TPSA) is 46.6 Å². The fraction of sp³-hybridized carbons (Fsp3) is 0.556. The number of rotatable bonds is 4. The second-order valence-electron chi connectivity index (χ2n) is 6.87. The molecule has 0 bridgehead atoms. The first-order valence-corrected chi connectivity index (χ1v) is 8.00. The SMILES string of the molecule is CC(=O)CC[C@]1(C)CCC[C@]12COC(=O)N2c1ccccc1. The zero-order valence-corrected chi connectivity index (χ0v) is 13.3. The summed E-state index contributed by atoms with van der Waals surface area (Å²) in [6.07, 6.45) is 4.13. The van der Waals surface area contributed by atoms with E-state index >= 15 is 0 Å². The fourth-order valence-corrected chi connectivity index (χ4v) is 4.16. The van der Waals surface area contributed by atoms with Gasteiger partial charge in [0.05, 0.1) is 5.54 Å². The Labute approximate surface area is 131 Å². The number of Topliss-reactive ketones (excluding diaryl/α,β-unsaturated/α-hetero) is 1. The van der Waals surface area contributed by atoms with E-state index in [1.54, 1.807) is 6.92 Å². The second-order valence-corrected chi connectivity index (χ2v) is 6.87. The summed E-state index contributed by atoms with van der Waals surface area (Å²) in [5.74, 6) is 0.208. The number of benzene rings is 1. The first-order chi connectivity index (χ1) is 10.5. The van der Waals surface area contributed by atoms with Crippen molar-refractivity contribution >= 4 is 17.6 Å².